The molecule has 0 radical (unpaired) electrons. The molecule has 0 heterocycles. The lowest BCUT2D eigenvalue weighted by molar-refractivity contribution is 0.430. The number of rotatable bonds is 1. The molecule has 0 heteroatoms. The lowest BCUT2D eigenvalue weighted by Gasteiger charge is -2.36. The summed E-state index contributed by atoms with van der Waals surface area (Å²) < 4.78 is 0. The van der Waals surface area contributed by atoms with Crippen molar-refractivity contribution < 1.29 is 0 Å². The Labute approximate surface area is 105 Å². The average molecular weight is 228 g/mol. The smallest absolute Gasteiger partial charge is 0.0137 e. The van der Waals surface area contributed by atoms with Crippen molar-refractivity contribution >= 4 is 0 Å². The van der Waals surface area contributed by atoms with Gasteiger partial charge in [-0.05, 0) is 49.0 Å². The van der Waals surface area contributed by atoms with E-state index in [1.165, 1.54) is 32.1 Å². The molecule has 3 aliphatic rings. The second kappa shape index (κ2) is 3.60. The van der Waals surface area contributed by atoms with Crippen molar-refractivity contribution in [2.45, 2.75) is 52.9 Å². The van der Waals surface area contributed by atoms with Crippen molar-refractivity contribution in [3.05, 3.63) is 35.5 Å². The van der Waals surface area contributed by atoms with Crippen LogP contribution in [0.1, 0.15) is 52.9 Å². The minimum Gasteiger partial charge on any atom is -0.0845 e. The lowest BCUT2D eigenvalue weighted by Crippen LogP contribution is -2.22. The van der Waals surface area contributed by atoms with E-state index in [2.05, 4.69) is 45.1 Å². The minimum absolute atomic E-state index is 0.337. The first kappa shape index (κ1) is 11.3. The summed E-state index contributed by atoms with van der Waals surface area (Å²) in [4.78, 5) is 0. The molecular weight excluding hydrogens is 204 g/mol. The molecule has 0 aromatic heterocycles. The Bertz CT molecular complexity index is 414. The quantitative estimate of drug-likeness (QED) is 0.552. The Balaban J connectivity index is 2.08. The van der Waals surface area contributed by atoms with Crippen molar-refractivity contribution in [3.8, 4) is 0 Å². The SMILES string of the molecule is CC(C)(C)C1=C(C23C=CC(CC2)C3)C=CCC1. The summed E-state index contributed by atoms with van der Waals surface area (Å²) in [5, 5.41) is 0. The molecule has 1 saturated carbocycles. The van der Waals surface area contributed by atoms with Gasteiger partial charge < -0.3 is 0 Å². The van der Waals surface area contributed by atoms with E-state index in [4.69, 9.17) is 0 Å². The average Bonchev–Trinajstić information content (AvgIpc) is 2.89. The first-order chi connectivity index (χ1) is 8.01. The topological polar surface area (TPSA) is 0 Å². The Morgan fingerprint density at radius 3 is 2.65 bits per heavy atom. The predicted molar refractivity (Wildman–Crippen MR) is 73.8 cm³/mol. The zero-order valence-corrected chi connectivity index (χ0v) is 11.4. The van der Waals surface area contributed by atoms with Crippen LogP contribution in [0.4, 0.5) is 0 Å². The molecule has 0 saturated heterocycles. The van der Waals surface area contributed by atoms with Gasteiger partial charge in [0.05, 0.1) is 0 Å². The highest BCUT2D eigenvalue weighted by Crippen LogP contribution is 2.56. The summed E-state index contributed by atoms with van der Waals surface area (Å²) in [5.74, 6) is 0.874. The molecule has 0 spiro atoms. The Kier molecular flexibility index (Phi) is 2.40. The number of hydrogen-bond donors (Lipinski definition) is 0. The second-order valence-electron chi connectivity index (χ2n) is 7.10. The molecule has 3 rings (SSSR count). The standard InChI is InChI=1S/C17H24/c1-16(2,3)14-6-4-5-7-15(14)17-10-8-13(12-17)9-11-17/h5,7-8,10,13H,4,6,9,11-12H2,1-3H3. The van der Waals surface area contributed by atoms with Gasteiger partial charge >= 0.3 is 0 Å². The van der Waals surface area contributed by atoms with Gasteiger partial charge in [0, 0.05) is 5.41 Å². The summed E-state index contributed by atoms with van der Waals surface area (Å²) in [6.07, 6.45) is 16.5. The van der Waals surface area contributed by atoms with Crippen LogP contribution in [-0.4, -0.2) is 0 Å². The maximum atomic E-state index is 2.53. The molecule has 3 aliphatic carbocycles. The van der Waals surface area contributed by atoms with Crippen LogP contribution >= 0.6 is 0 Å². The zero-order valence-electron chi connectivity index (χ0n) is 11.4. The molecule has 92 valence electrons. The molecule has 0 nitrogen and oxygen atoms in total. The third kappa shape index (κ3) is 1.73. The van der Waals surface area contributed by atoms with Crippen LogP contribution in [0, 0.1) is 16.7 Å². The van der Waals surface area contributed by atoms with E-state index in [1.54, 1.807) is 11.1 Å². The van der Waals surface area contributed by atoms with Crippen LogP contribution in [0.3, 0.4) is 0 Å². The van der Waals surface area contributed by atoms with E-state index < -0.39 is 0 Å². The van der Waals surface area contributed by atoms with Crippen LogP contribution in [0.15, 0.2) is 35.5 Å². The van der Waals surface area contributed by atoms with Gasteiger partial charge in [0.1, 0.15) is 0 Å². The number of fused-ring (bicyclic) bond motifs is 2. The van der Waals surface area contributed by atoms with Gasteiger partial charge in [0.25, 0.3) is 0 Å². The van der Waals surface area contributed by atoms with Gasteiger partial charge in [0.2, 0.25) is 0 Å². The highest BCUT2D eigenvalue weighted by atomic mass is 14.5. The lowest BCUT2D eigenvalue weighted by atomic mass is 9.69. The van der Waals surface area contributed by atoms with Crippen molar-refractivity contribution in [2.75, 3.05) is 0 Å². The van der Waals surface area contributed by atoms with Gasteiger partial charge in [-0.1, -0.05) is 50.6 Å². The van der Waals surface area contributed by atoms with Gasteiger partial charge in [-0.3, -0.25) is 0 Å². The highest BCUT2D eigenvalue weighted by molar-refractivity contribution is 5.44. The molecule has 0 aliphatic heterocycles. The Hall–Kier alpha value is -0.780. The largest absolute Gasteiger partial charge is 0.0845 e. The van der Waals surface area contributed by atoms with Gasteiger partial charge in [0.15, 0.2) is 0 Å². The number of allylic oxidation sites excluding steroid dienone is 6. The Morgan fingerprint density at radius 1 is 1.29 bits per heavy atom. The van der Waals surface area contributed by atoms with Gasteiger partial charge in [-0.15, -0.1) is 0 Å². The maximum absolute atomic E-state index is 2.53. The molecular formula is C17H24. The fraction of sp³-hybridized carbons (Fsp3) is 0.647. The van der Waals surface area contributed by atoms with Gasteiger partial charge in [-0.25, -0.2) is 0 Å². The molecule has 2 unspecified atom stereocenters. The first-order valence-electron chi connectivity index (χ1n) is 7.11. The summed E-state index contributed by atoms with van der Waals surface area (Å²) in [6.45, 7) is 7.13. The Morgan fingerprint density at radius 2 is 2.12 bits per heavy atom. The predicted octanol–water partition coefficient (Wildman–Crippen LogP) is 5.04. The highest BCUT2D eigenvalue weighted by Gasteiger charge is 2.44. The van der Waals surface area contributed by atoms with Crippen molar-refractivity contribution in [1.82, 2.24) is 0 Å². The van der Waals surface area contributed by atoms with E-state index in [9.17, 15) is 0 Å². The molecule has 1 fully saturated rings. The van der Waals surface area contributed by atoms with Crippen molar-refractivity contribution in [1.29, 1.82) is 0 Å². The summed E-state index contributed by atoms with van der Waals surface area (Å²) >= 11 is 0. The van der Waals surface area contributed by atoms with E-state index in [0.29, 0.717) is 10.8 Å². The van der Waals surface area contributed by atoms with Gasteiger partial charge in [-0.2, -0.15) is 0 Å². The molecule has 17 heavy (non-hydrogen) atoms. The van der Waals surface area contributed by atoms with Crippen LogP contribution in [-0.2, 0) is 0 Å². The van der Waals surface area contributed by atoms with E-state index in [-0.39, 0.29) is 0 Å². The summed E-state index contributed by atoms with van der Waals surface area (Å²) in [5.41, 5.74) is 4.15. The van der Waals surface area contributed by atoms with Crippen LogP contribution in [0.5, 0.6) is 0 Å². The molecule has 0 aromatic carbocycles. The summed E-state index contributed by atoms with van der Waals surface area (Å²) in [6, 6.07) is 0. The zero-order chi connectivity index (χ0) is 12.1. The minimum atomic E-state index is 0.337. The van der Waals surface area contributed by atoms with Crippen LogP contribution in [0.2, 0.25) is 0 Å². The van der Waals surface area contributed by atoms with Crippen LogP contribution in [0.25, 0.3) is 0 Å². The first-order valence-corrected chi connectivity index (χ1v) is 7.11. The molecule has 2 atom stereocenters. The maximum Gasteiger partial charge on any atom is 0.0137 e. The van der Waals surface area contributed by atoms with E-state index in [1.807, 2.05) is 0 Å². The molecule has 2 bridgehead atoms. The van der Waals surface area contributed by atoms with Crippen molar-refractivity contribution in [3.63, 3.8) is 0 Å². The number of hydrogen-bond acceptors (Lipinski definition) is 0. The fourth-order valence-electron chi connectivity index (χ4n) is 3.99. The normalized spacial score (nSPS) is 36.1. The third-order valence-corrected chi connectivity index (χ3v) is 4.89. The monoisotopic (exact) mass is 228 g/mol. The fourth-order valence-corrected chi connectivity index (χ4v) is 3.99. The molecule has 0 aromatic rings. The van der Waals surface area contributed by atoms with Crippen LogP contribution < -0.4 is 0 Å². The second-order valence-corrected chi connectivity index (χ2v) is 7.10. The van der Waals surface area contributed by atoms with Crippen molar-refractivity contribution in [2.24, 2.45) is 16.7 Å². The third-order valence-electron chi connectivity index (χ3n) is 4.89. The van der Waals surface area contributed by atoms with E-state index in [0.717, 1.165) is 5.92 Å². The molecule has 0 amide bonds. The summed E-state index contributed by atoms with van der Waals surface area (Å²) in [7, 11) is 0. The molecule has 0 N–H and O–H groups in total. The van der Waals surface area contributed by atoms with E-state index >= 15 is 0 Å².